The van der Waals surface area contributed by atoms with Gasteiger partial charge in [-0.1, -0.05) is 0 Å². The van der Waals surface area contributed by atoms with Gasteiger partial charge in [0.15, 0.2) is 0 Å². The predicted molar refractivity (Wildman–Crippen MR) is 59.5 cm³/mol. The zero-order chi connectivity index (χ0) is 13.1. The molecular weight excluding hydrogens is 244 g/mol. The summed E-state index contributed by atoms with van der Waals surface area (Å²) in [6.07, 6.45) is -0.681. The zero-order valence-corrected chi connectivity index (χ0v) is 10.1. The second-order valence-corrected chi connectivity index (χ2v) is 4.16. The molecule has 0 bridgehead atoms. The molecule has 0 spiro atoms. The lowest BCUT2D eigenvalue weighted by Crippen LogP contribution is -2.33. The van der Waals surface area contributed by atoms with Crippen molar-refractivity contribution in [3.8, 4) is 0 Å². The number of aryl methyl sites for hydroxylation is 1. The van der Waals surface area contributed by atoms with Crippen molar-refractivity contribution in [1.29, 1.82) is 0 Å². The minimum atomic E-state index is -2.74. The van der Waals surface area contributed by atoms with Crippen LogP contribution < -0.4 is 0 Å². The fraction of sp³-hybridized carbons (Fsp3) is 0.636. The van der Waals surface area contributed by atoms with E-state index in [-0.39, 0.29) is 5.56 Å². The van der Waals surface area contributed by atoms with Gasteiger partial charge in [0.25, 0.3) is 12.3 Å². The van der Waals surface area contributed by atoms with Gasteiger partial charge in [-0.05, 0) is 6.42 Å². The third kappa shape index (κ3) is 2.66. The average molecular weight is 259 g/mol. The third-order valence-electron chi connectivity index (χ3n) is 2.80. The van der Waals surface area contributed by atoms with Crippen molar-refractivity contribution in [3.05, 3.63) is 17.5 Å². The van der Waals surface area contributed by atoms with Crippen LogP contribution in [0.25, 0.3) is 0 Å². The molecule has 2 rings (SSSR count). The van der Waals surface area contributed by atoms with Crippen LogP contribution in [-0.4, -0.2) is 46.9 Å². The summed E-state index contributed by atoms with van der Waals surface area (Å²) in [5, 5.41) is 3.64. The summed E-state index contributed by atoms with van der Waals surface area (Å²) in [4.78, 5) is 13.7. The minimum Gasteiger partial charge on any atom is -0.380 e. The molecule has 1 aromatic heterocycles. The van der Waals surface area contributed by atoms with Gasteiger partial charge in [-0.15, -0.1) is 0 Å². The summed E-state index contributed by atoms with van der Waals surface area (Å²) < 4.78 is 32.0. The Balaban J connectivity index is 2.21. The highest BCUT2D eigenvalue weighted by molar-refractivity contribution is 5.95. The van der Waals surface area contributed by atoms with E-state index in [9.17, 15) is 13.6 Å². The Morgan fingerprint density at radius 2 is 2.22 bits per heavy atom. The monoisotopic (exact) mass is 259 g/mol. The molecule has 1 aliphatic rings. The largest absolute Gasteiger partial charge is 0.380 e. The van der Waals surface area contributed by atoms with Gasteiger partial charge in [0.1, 0.15) is 5.69 Å². The van der Waals surface area contributed by atoms with Crippen LogP contribution in [0, 0.1) is 0 Å². The number of ether oxygens (including phenoxy) is 1. The van der Waals surface area contributed by atoms with Gasteiger partial charge >= 0.3 is 0 Å². The summed E-state index contributed by atoms with van der Waals surface area (Å²) >= 11 is 0. The van der Waals surface area contributed by atoms with Gasteiger partial charge in [0.05, 0.1) is 12.2 Å². The first kappa shape index (κ1) is 12.9. The lowest BCUT2D eigenvalue weighted by atomic mass is 10.2. The molecule has 5 nitrogen and oxygen atoms in total. The van der Waals surface area contributed by atoms with Crippen LogP contribution in [-0.2, 0) is 11.8 Å². The third-order valence-corrected chi connectivity index (χ3v) is 2.80. The molecule has 0 aromatic carbocycles. The number of amides is 1. The van der Waals surface area contributed by atoms with Crippen LogP contribution in [0.3, 0.4) is 0 Å². The number of alkyl halides is 2. The molecular formula is C11H15F2N3O2. The van der Waals surface area contributed by atoms with Gasteiger partial charge in [-0.3, -0.25) is 9.48 Å². The van der Waals surface area contributed by atoms with E-state index in [1.54, 1.807) is 0 Å². The standard InChI is InChI=1S/C11H15F2N3O2/c1-15-7-8(9(14-15)10(12)13)11(17)16-3-2-5-18-6-4-16/h7,10H,2-6H2,1H3. The molecule has 7 heteroatoms. The van der Waals surface area contributed by atoms with Gasteiger partial charge < -0.3 is 9.64 Å². The number of rotatable bonds is 2. The molecule has 0 saturated carbocycles. The Kier molecular flexibility index (Phi) is 3.90. The number of aromatic nitrogens is 2. The summed E-state index contributed by atoms with van der Waals surface area (Å²) in [6, 6.07) is 0. The molecule has 0 aliphatic carbocycles. The van der Waals surface area contributed by atoms with Crippen LogP contribution in [0.5, 0.6) is 0 Å². The van der Waals surface area contributed by atoms with E-state index < -0.39 is 18.0 Å². The van der Waals surface area contributed by atoms with Crippen molar-refractivity contribution in [3.63, 3.8) is 0 Å². The van der Waals surface area contributed by atoms with Crippen molar-refractivity contribution in [2.24, 2.45) is 7.05 Å². The van der Waals surface area contributed by atoms with Crippen molar-refractivity contribution in [2.45, 2.75) is 12.8 Å². The van der Waals surface area contributed by atoms with E-state index in [0.29, 0.717) is 26.3 Å². The summed E-state index contributed by atoms with van der Waals surface area (Å²) in [5.74, 6) is -0.399. The van der Waals surface area contributed by atoms with Crippen molar-refractivity contribution < 1.29 is 18.3 Å². The van der Waals surface area contributed by atoms with Crippen LogP contribution in [0.15, 0.2) is 6.20 Å². The number of hydrogen-bond donors (Lipinski definition) is 0. The van der Waals surface area contributed by atoms with Gasteiger partial charge in [-0.25, -0.2) is 8.78 Å². The number of carbonyl (C=O) groups is 1. The van der Waals surface area contributed by atoms with Crippen LogP contribution >= 0.6 is 0 Å². The molecule has 2 heterocycles. The van der Waals surface area contributed by atoms with E-state index in [0.717, 1.165) is 6.42 Å². The Labute approximate surface area is 103 Å². The lowest BCUT2D eigenvalue weighted by Gasteiger charge is -2.19. The number of hydrogen-bond acceptors (Lipinski definition) is 3. The highest BCUT2D eigenvalue weighted by Crippen LogP contribution is 2.22. The molecule has 18 heavy (non-hydrogen) atoms. The fourth-order valence-electron chi connectivity index (χ4n) is 1.95. The summed E-state index contributed by atoms with van der Waals surface area (Å²) in [7, 11) is 1.52. The SMILES string of the molecule is Cn1cc(C(=O)N2CCCOCC2)c(C(F)F)n1. The highest BCUT2D eigenvalue weighted by Gasteiger charge is 2.26. The van der Waals surface area contributed by atoms with Gasteiger partial charge in [0.2, 0.25) is 0 Å². The summed E-state index contributed by atoms with van der Waals surface area (Å²) in [6.45, 7) is 1.99. The van der Waals surface area contributed by atoms with Crippen LogP contribution in [0.2, 0.25) is 0 Å². The maximum absolute atomic E-state index is 12.8. The molecule has 100 valence electrons. The molecule has 1 amide bonds. The van der Waals surface area contributed by atoms with Crippen LogP contribution in [0.4, 0.5) is 8.78 Å². The van der Waals surface area contributed by atoms with Crippen LogP contribution in [0.1, 0.15) is 28.9 Å². The molecule has 0 radical (unpaired) electrons. The second-order valence-electron chi connectivity index (χ2n) is 4.16. The first-order chi connectivity index (χ1) is 8.59. The molecule has 0 unspecified atom stereocenters. The minimum absolute atomic E-state index is 0.0191. The Morgan fingerprint density at radius 3 is 2.94 bits per heavy atom. The maximum atomic E-state index is 12.8. The Hall–Kier alpha value is -1.50. The topological polar surface area (TPSA) is 47.4 Å². The second kappa shape index (κ2) is 5.43. The van der Waals surface area contributed by atoms with Crippen molar-refractivity contribution in [1.82, 2.24) is 14.7 Å². The molecule has 1 saturated heterocycles. The van der Waals surface area contributed by atoms with Crippen molar-refractivity contribution in [2.75, 3.05) is 26.3 Å². The normalized spacial score (nSPS) is 17.0. The van der Waals surface area contributed by atoms with E-state index in [4.69, 9.17) is 4.74 Å². The molecule has 1 fully saturated rings. The Morgan fingerprint density at radius 1 is 1.44 bits per heavy atom. The summed E-state index contributed by atoms with van der Waals surface area (Å²) in [5.41, 5.74) is -0.470. The predicted octanol–water partition coefficient (Wildman–Crippen LogP) is 1.22. The average Bonchev–Trinajstić information content (AvgIpc) is 2.56. The van der Waals surface area contributed by atoms with Gasteiger partial charge in [-0.2, -0.15) is 5.10 Å². The first-order valence-corrected chi connectivity index (χ1v) is 5.78. The number of halogens is 2. The molecule has 1 aromatic rings. The first-order valence-electron chi connectivity index (χ1n) is 5.78. The van der Waals surface area contributed by atoms with Crippen molar-refractivity contribution >= 4 is 5.91 Å². The maximum Gasteiger partial charge on any atom is 0.282 e. The molecule has 0 atom stereocenters. The van der Waals surface area contributed by atoms with E-state index in [1.807, 2.05) is 0 Å². The fourth-order valence-corrected chi connectivity index (χ4v) is 1.95. The number of carbonyl (C=O) groups excluding carboxylic acids is 1. The van der Waals surface area contributed by atoms with E-state index >= 15 is 0 Å². The van der Waals surface area contributed by atoms with E-state index in [1.165, 1.54) is 22.8 Å². The highest BCUT2D eigenvalue weighted by atomic mass is 19.3. The lowest BCUT2D eigenvalue weighted by molar-refractivity contribution is 0.0729. The van der Waals surface area contributed by atoms with Gasteiger partial charge in [0, 0.05) is 32.9 Å². The zero-order valence-electron chi connectivity index (χ0n) is 10.1. The molecule has 1 aliphatic heterocycles. The van der Waals surface area contributed by atoms with E-state index in [2.05, 4.69) is 5.10 Å². The number of nitrogens with zero attached hydrogens (tertiary/aromatic N) is 3. The molecule has 0 N–H and O–H groups in total. The Bertz CT molecular complexity index is 426. The smallest absolute Gasteiger partial charge is 0.282 e. The quantitative estimate of drug-likeness (QED) is 0.802.